The van der Waals surface area contributed by atoms with Crippen LogP contribution >= 0.6 is 0 Å². The van der Waals surface area contributed by atoms with Crippen LogP contribution in [-0.2, 0) is 6.61 Å². The second kappa shape index (κ2) is 4.18. The summed E-state index contributed by atoms with van der Waals surface area (Å²) in [5.74, 6) is 0.0598. The summed E-state index contributed by atoms with van der Waals surface area (Å²) in [5, 5.41) is 35.0. The first-order valence-electron chi connectivity index (χ1n) is 4.61. The van der Waals surface area contributed by atoms with Crippen LogP contribution in [0.15, 0.2) is 18.2 Å². The van der Waals surface area contributed by atoms with Crippen molar-refractivity contribution in [3.05, 3.63) is 34.1 Å². The SMILES string of the molecule is O=[N+]([O-])c1cc(-c2n[nH]c(CO)n2)ccc1O. The number of nitro benzene ring substituents is 1. The van der Waals surface area contributed by atoms with E-state index in [-0.39, 0.29) is 18.3 Å². The molecule has 2 aromatic rings. The minimum Gasteiger partial charge on any atom is -0.502 e. The van der Waals surface area contributed by atoms with Crippen molar-refractivity contribution >= 4 is 5.69 Å². The fourth-order valence-corrected chi connectivity index (χ4v) is 1.30. The first-order chi connectivity index (χ1) is 8.11. The maximum atomic E-state index is 10.6. The number of phenolic OH excluding ortho intramolecular Hbond substituents is 1. The Morgan fingerprint density at radius 2 is 2.24 bits per heavy atom. The molecular formula is C9H8N4O4. The number of benzene rings is 1. The Labute approximate surface area is 94.7 Å². The Morgan fingerprint density at radius 1 is 1.47 bits per heavy atom. The summed E-state index contributed by atoms with van der Waals surface area (Å²) in [6.07, 6.45) is 0. The monoisotopic (exact) mass is 236 g/mol. The van der Waals surface area contributed by atoms with Crippen LogP contribution in [0.1, 0.15) is 5.82 Å². The molecule has 0 aliphatic rings. The quantitative estimate of drug-likeness (QED) is 0.528. The van der Waals surface area contributed by atoms with E-state index in [4.69, 9.17) is 5.11 Å². The Kier molecular flexibility index (Phi) is 2.71. The molecule has 1 aromatic carbocycles. The van der Waals surface area contributed by atoms with E-state index in [9.17, 15) is 15.2 Å². The Morgan fingerprint density at radius 3 is 2.82 bits per heavy atom. The molecule has 0 unspecified atom stereocenters. The number of hydrogen-bond donors (Lipinski definition) is 3. The van der Waals surface area contributed by atoms with Crippen molar-refractivity contribution in [2.45, 2.75) is 6.61 Å². The lowest BCUT2D eigenvalue weighted by Crippen LogP contribution is -1.90. The summed E-state index contributed by atoms with van der Waals surface area (Å²) in [7, 11) is 0. The molecule has 0 aliphatic carbocycles. The average Bonchev–Trinajstić information content (AvgIpc) is 2.78. The topological polar surface area (TPSA) is 125 Å². The highest BCUT2D eigenvalue weighted by Crippen LogP contribution is 2.29. The minimum atomic E-state index is -0.696. The number of nitro groups is 1. The minimum absolute atomic E-state index is 0.220. The van der Waals surface area contributed by atoms with Gasteiger partial charge in [0.2, 0.25) is 0 Å². The molecule has 8 nitrogen and oxygen atoms in total. The number of aromatic amines is 1. The third-order valence-corrected chi connectivity index (χ3v) is 2.11. The summed E-state index contributed by atoms with van der Waals surface area (Å²) in [6, 6.07) is 3.81. The zero-order chi connectivity index (χ0) is 12.4. The van der Waals surface area contributed by atoms with Gasteiger partial charge in [-0.05, 0) is 12.1 Å². The number of phenols is 1. The molecule has 1 aromatic heterocycles. The van der Waals surface area contributed by atoms with Gasteiger partial charge in [0, 0.05) is 11.6 Å². The highest BCUT2D eigenvalue weighted by Gasteiger charge is 2.16. The first-order valence-corrected chi connectivity index (χ1v) is 4.61. The Bertz CT molecular complexity index is 566. The number of aliphatic hydroxyl groups is 1. The van der Waals surface area contributed by atoms with Crippen LogP contribution in [0.25, 0.3) is 11.4 Å². The van der Waals surface area contributed by atoms with Crippen molar-refractivity contribution in [3.8, 4) is 17.1 Å². The van der Waals surface area contributed by atoms with Crippen LogP contribution in [0.4, 0.5) is 5.69 Å². The highest BCUT2D eigenvalue weighted by atomic mass is 16.6. The van der Waals surface area contributed by atoms with Gasteiger partial charge < -0.3 is 10.2 Å². The van der Waals surface area contributed by atoms with E-state index in [1.165, 1.54) is 18.2 Å². The molecule has 1 heterocycles. The van der Waals surface area contributed by atoms with Crippen LogP contribution < -0.4 is 0 Å². The lowest BCUT2D eigenvalue weighted by molar-refractivity contribution is -0.385. The number of hydrogen-bond acceptors (Lipinski definition) is 6. The predicted octanol–water partition coefficient (Wildman–Crippen LogP) is 0.578. The molecular weight excluding hydrogens is 228 g/mol. The molecule has 0 radical (unpaired) electrons. The van der Waals surface area contributed by atoms with Crippen molar-refractivity contribution in [3.63, 3.8) is 0 Å². The summed E-state index contributed by atoms with van der Waals surface area (Å²) >= 11 is 0. The van der Waals surface area contributed by atoms with Crippen LogP contribution in [0.2, 0.25) is 0 Å². The summed E-state index contributed by atoms with van der Waals surface area (Å²) < 4.78 is 0. The summed E-state index contributed by atoms with van der Waals surface area (Å²) in [4.78, 5) is 13.8. The molecule has 0 spiro atoms. The number of nitrogens with one attached hydrogen (secondary N) is 1. The van der Waals surface area contributed by atoms with E-state index in [1.54, 1.807) is 0 Å². The van der Waals surface area contributed by atoms with Crippen molar-refractivity contribution in [2.75, 3.05) is 0 Å². The van der Waals surface area contributed by atoms with Crippen molar-refractivity contribution in [1.29, 1.82) is 0 Å². The number of aromatic nitrogens is 3. The smallest absolute Gasteiger partial charge is 0.311 e. The number of rotatable bonds is 3. The van der Waals surface area contributed by atoms with Gasteiger partial charge in [-0.3, -0.25) is 15.2 Å². The van der Waals surface area contributed by atoms with Gasteiger partial charge in [-0.15, -0.1) is 0 Å². The zero-order valence-electron chi connectivity index (χ0n) is 8.49. The number of aliphatic hydroxyl groups excluding tert-OH is 1. The predicted molar refractivity (Wildman–Crippen MR) is 56.1 cm³/mol. The van der Waals surface area contributed by atoms with E-state index in [1.807, 2.05) is 0 Å². The van der Waals surface area contributed by atoms with Gasteiger partial charge >= 0.3 is 5.69 Å². The van der Waals surface area contributed by atoms with Crippen LogP contribution in [0.3, 0.4) is 0 Å². The van der Waals surface area contributed by atoms with E-state index in [0.717, 1.165) is 0 Å². The second-order valence-corrected chi connectivity index (χ2v) is 3.22. The van der Waals surface area contributed by atoms with Gasteiger partial charge in [0.15, 0.2) is 17.4 Å². The van der Waals surface area contributed by atoms with Gasteiger partial charge in [0.25, 0.3) is 0 Å². The van der Waals surface area contributed by atoms with Gasteiger partial charge in [-0.2, -0.15) is 5.10 Å². The largest absolute Gasteiger partial charge is 0.502 e. The molecule has 0 saturated carbocycles. The maximum absolute atomic E-state index is 10.6. The van der Waals surface area contributed by atoms with Gasteiger partial charge in [-0.25, -0.2) is 4.98 Å². The van der Waals surface area contributed by atoms with Crippen molar-refractivity contribution in [2.24, 2.45) is 0 Å². The lowest BCUT2D eigenvalue weighted by Gasteiger charge is -1.98. The number of aromatic hydroxyl groups is 1. The van der Waals surface area contributed by atoms with Crippen LogP contribution in [-0.4, -0.2) is 30.3 Å². The maximum Gasteiger partial charge on any atom is 0.311 e. The summed E-state index contributed by atoms with van der Waals surface area (Å²) in [5.41, 5.74) is -0.0386. The highest BCUT2D eigenvalue weighted by molar-refractivity contribution is 5.62. The molecule has 2 rings (SSSR count). The summed E-state index contributed by atoms with van der Waals surface area (Å²) in [6.45, 7) is -0.298. The molecule has 0 amide bonds. The molecule has 0 saturated heterocycles. The molecule has 0 atom stereocenters. The van der Waals surface area contributed by atoms with E-state index >= 15 is 0 Å². The van der Waals surface area contributed by atoms with Gasteiger partial charge in [-0.1, -0.05) is 0 Å². The third kappa shape index (κ3) is 2.06. The number of H-pyrrole nitrogens is 1. The fraction of sp³-hybridized carbons (Fsp3) is 0.111. The van der Waals surface area contributed by atoms with E-state index in [0.29, 0.717) is 5.56 Å². The first kappa shape index (κ1) is 11.0. The molecule has 3 N–H and O–H groups in total. The van der Waals surface area contributed by atoms with E-state index in [2.05, 4.69) is 15.2 Å². The Balaban J connectivity index is 2.46. The van der Waals surface area contributed by atoms with Gasteiger partial charge in [0.1, 0.15) is 6.61 Å². The molecule has 0 fully saturated rings. The Hall–Kier alpha value is -2.48. The molecule has 17 heavy (non-hydrogen) atoms. The van der Waals surface area contributed by atoms with Crippen LogP contribution in [0, 0.1) is 10.1 Å². The standard InChI is InChI=1S/C9H8N4O4/c14-4-8-10-9(12-11-8)5-1-2-7(15)6(3-5)13(16)17/h1-3,14-15H,4H2,(H,10,11,12). The van der Waals surface area contributed by atoms with Crippen molar-refractivity contribution in [1.82, 2.24) is 15.2 Å². The average molecular weight is 236 g/mol. The molecule has 0 aliphatic heterocycles. The fourth-order valence-electron chi connectivity index (χ4n) is 1.30. The molecule has 8 heteroatoms. The second-order valence-electron chi connectivity index (χ2n) is 3.22. The van der Waals surface area contributed by atoms with Gasteiger partial charge in [0.05, 0.1) is 4.92 Å². The molecule has 88 valence electrons. The van der Waals surface area contributed by atoms with E-state index < -0.39 is 16.4 Å². The lowest BCUT2D eigenvalue weighted by atomic mass is 10.2. The molecule has 0 bridgehead atoms. The van der Waals surface area contributed by atoms with Crippen molar-refractivity contribution < 1.29 is 15.1 Å². The third-order valence-electron chi connectivity index (χ3n) is 2.11. The zero-order valence-corrected chi connectivity index (χ0v) is 8.49. The van der Waals surface area contributed by atoms with Crippen LogP contribution in [0.5, 0.6) is 5.75 Å². The number of nitrogens with zero attached hydrogens (tertiary/aromatic N) is 3. The normalized spacial score (nSPS) is 10.4.